The van der Waals surface area contributed by atoms with Crippen molar-refractivity contribution < 1.29 is 9.59 Å². The smallest absolute Gasteiger partial charge is 0.227 e. The minimum absolute atomic E-state index is 0.0878. The lowest BCUT2D eigenvalue weighted by Crippen LogP contribution is -2.14. The van der Waals surface area contributed by atoms with E-state index in [9.17, 15) is 9.59 Å². The van der Waals surface area contributed by atoms with E-state index < -0.39 is 0 Å². The monoisotopic (exact) mass is 232 g/mol. The summed E-state index contributed by atoms with van der Waals surface area (Å²) in [6.07, 6.45) is 0.982. The highest BCUT2D eigenvalue weighted by molar-refractivity contribution is 5.95. The second-order valence-corrected chi connectivity index (χ2v) is 4.57. The topological polar surface area (TPSA) is 58.2 Å². The van der Waals surface area contributed by atoms with Gasteiger partial charge in [0.2, 0.25) is 11.8 Å². The molecular weight excluding hydrogens is 216 g/mol. The highest BCUT2D eigenvalue weighted by Crippen LogP contribution is 2.38. The molecule has 0 unspecified atom stereocenters. The molecule has 1 aromatic rings. The van der Waals surface area contributed by atoms with Crippen LogP contribution < -0.4 is 10.6 Å². The minimum atomic E-state index is -0.103. The maximum absolute atomic E-state index is 11.7. The third-order valence-electron chi connectivity index (χ3n) is 2.92. The van der Waals surface area contributed by atoms with Crippen LogP contribution in [0.25, 0.3) is 0 Å². The molecule has 0 spiro atoms. The molecule has 2 atom stereocenters. The molecule has 1 fully saturated rings. The summed E-state index contributed by atoms with van der Waals surface area (Å²) in [5, 5.41) is 5.54. The number of amides is 2. The van der Waals surface area contributed by atoms with Crippen molar-refractivity contribution >= 4 is 23.2 Å². The fourth-order valence-electron chi connectivity index (χ4n) is 1.76. The number of anilines is 2. The molecule has 90 valence electrons. The van der Waals surface area contributed by atoms with Crippen LogP contribution in [0.2, 0.25) is 0 Å². The van der Waals surface area contributed by atoms with E-state index in [1.807, 2.05) is 0 Å². The Morgan fingerprint density at radius 3 is 2.00 bits per heavy atom. The second-order valence-electron chi connectivity index (χ2n) is 4.57. The van der Waals surface area contributed by atoms with E-state index in [2.05, 4.69) is 17.6 Å². The summed E-state index contributed by atoms with van der Waals surface area (Å²) < 4.78 is 0. The summed E-state index contributed by atoms with van der Waals surface area (Å²) in [5.41, 5.74) is 1.50. The molecule has 0 heterocycles. The van der Waals surface area contributed by atoms with Crippen molar-refractivity contribution in [1.82, 2.24) is 0 Å². The second kappa shape index (κ2) is 4.57. The minimum Gasteiger partial charge on any atom is -0.326 e. The van der Waals surface area contributed by atoms with Gasteiger partial charge >= 0.3 is 0 Å². The molecule has 0 saturated heterocycles. The summed E-state index contributed by atoms with van der Waals surface area (Å²) in [5.74, 6) is 0.664. The number of nitrogens with one attached hydrogen (secondary N) is 2. The SMILES string of the molecule is CC(=O)Nc1ccc(NC(=O)[C@@H]2C[C@H]2C)cc1. The maximum Gasteiger partial charge on any atom is 0.227 e. The van der Waals surface area contributed by atoms with E-state index in [4.69, 9.17) is 0 Å². The van der Waals surface area contributed by atoms with Crippen molar-refractivity contribution in [3.05, 3.63) is 24.3 Å². The molecule has 2 N–H and O–H groups in total. The van der Waals surface area contributed by atoms with E-state index in [-0.39, 0.29) is 17.7 Å². The van der Waals surface area contributed by atoms with Crippen molar-refractivity contribution in [2.45, 2.75) is 20.3 Å². The van der Waals surface area contributed by atoms with Crippen LogP contribution in [-0.2, 0) is 9.59 Å². The van der Waals surface area contributed by atoms with Crippen molar-refractivity contribution in [2.24, 2.45) is 11.8 Å². The Morgan fingerprint density at radius 1 is 1.12 bits per heavy atom. The van der Waals surface area contributed by atoms with Crippen LogP contribution in [0.3, 0.4) is 0 Å². The average molecular weight is 232 g/mol. The lowest BCUT2D eigenvalue weighted by Gasteiger charge is -2.06. The van der Waals surface area contributed by atoms with Crippen molar-refractivity contribution in [3.8, 4) is 0 Å². The fraction of sp³-hybridized carbons (Fsp3) is 0.385. The van der Waals surface area contributed by atoms with Gasteiger partial charge in [-0.25, -0.2) is 0 Å². The largest absolute Gasteiger partial charge is 0.326 e. The van der Waals surface area contributed by atoms with Crippen LogP contribution in [-0.4, -0.2) is 11.8 Å². The number of benzene rings is 1. The van der Waals surface area contributed by atoms with E-state index >= 15 is 0 Å². The fourth-order valence-corrected chi connectivity index (χ4v) is 1.76. The van der Waals surface area contributed by atoms with Gasteiger partial charge in [0.15, 0.2) is 0 Å². The van der Waals surface area contributed by atoms with Crippen LogP contribution in [0.4, 0.5) is 11.4 Å². The Morgan fingerprint density at radius 2 is 1.59 bits per heavy atom. The molecule has 1 aliphatic carbocycles. The number of carbonyl (C=O) groups is 2. The van der Waals surface area contributed by atoms with Gasteiger partial charge in [0.25, 0.3) is 0 Å². The quantitative estimate of drug-likeness (QED) is 0.839. The normalized spacial score (nSPS) is 21.8. The third kappa shape index (κ3) is 3.06. The van der Waals surface area contributed by atoms with Crippen LogP contribution in [0.15, 0.2) is 24.3 Å². The Labute approximate surface area is 100 Å². The van der Waals surface area contributed by atoms with Gasteiger partial charge in [-0.3, -0.25) is 9.59 Å². The molecule has 1 aliphatic rings. The summed E-state index contributed by atoms with van der Waals surface area (Å²) in [4.78, 5) is 22.5. The summed E-state index contributed by atoms with van der Waals surface area (Å²) >= 11 is 0. The van der Waals surface area contributed by atoms with Crippen molar-refractivity contribution in [1.29, 1.82) is 0 Å². The summed E-state index contributed by atoms with van der Waals surface area (Å²) in [6, 6.07) is 7.12. The standard InChI is InChI=1S/C13H16N2O2/c1-8-7-12(8)13(17)15-11-5-3-10(4-6-11)14-9(2)16/h3-6,8,12H,7H2,1-2H3,(H,14,16)(H,15,17)/t8-,12-/m1/s1. The maximum atomic E-state index is 11.7. The average Bonchev–Trinajstić information content (AvgIpc) is 2.98. The highest BCUT2D eigenvalue weighted by atomic mass is 16.2. The van der Waals surface area contributed by atoms with Gasteiger partial charge in [-0.05, 0) is 36.6 Å². The zero-order valence-corrected chi connectivity index (χ0v) is 9.99. The van der Waals surface area contributed by atoms with Gasteiger partial charge in [-0.15, -0.1) is 0 Å². The number of rotatable bonds is 3. The number of carbonyl (C=O) groups excluding carboxylic acids is 2. The summed E-state index contributed by atoms with van der Waals surface area (Å²) in [6.45, 7) is 3.54. The molecule has 0 bridgehead atoms. The Bertz CT molecular complexity index is 439. The molecule has 0 aromatic heterocycles. The molecule has 17 heavy (non-hydrogen) atoms. The first-order chi connectivity index (χ1) is 8.06. The molecule has 4 nitrogen and oxygen atoms in total. The zero-order chi connectivity index (χ0) is 12.4. The Kier molecular flexibility index (Phi) is 3.13. The number of hydrogen-bond donors (Lipinski definition) is 2. The lowest BCUT2D eigenvalue weighted by molar-refractivity contribution is -0.117. The van der Waals surface area contributed by atoms with E-state index in [1.54, 1.807) is 24.3 Å². The number of hydrogen-bond acceptors (Lipinski definition) is 2. The molecular formula is C13H16N2O2. The van der Waals surface area contributed by atoms with Crippen LogP contribution in [0, 0.1) is 11.8 Å². The zero-order valence-electron chi connectivity index (χ0n) is 9.99. The molecule has 1 aromatic carbocycles. The molecule has 4 heteroatoms. The molecule has 0 aliphatic heterocycles. The highest BCUT2D eigenvalue weighted by Gasteiger charge is 2.38. The van der Waals surface area contributed by atoms with Gasteiger partial charge in [-0.2, -0.15) is 0 Å². The van der Waals surface area contributed by atoms with Crippen LogP contribution in [0.5, 0.6) is 0 Å². The van der Waals surface area contributed by atoms with E-state index in [0.29, 0.717) is 5.92 Å². The first-order valence-electron chi connectivity index (χ1n) is 5.75. The first kappa shape index (κ1) is 11.6. The summed E-state index contributed by atoms with van der Waals surface area (Å²) in [7, 11) is 0. The van der Waals surface area contributed by atoms with Gasteiger partial charge in [0.1, 0.15) is 0 Å². The van der Waals surface area contributed by atoms with Crippen molar-refractivity contribution in [3.63, 3.8) is 0 Å². The molecule has 2 amide bonds. The van der Waals surface area contributed by atoms with E-state index in [0.717, 1.165) is 17.8 Å². The predicted octanol–water partition coefficient (Wildman–Crippen LogP) is 2.24. The molecule has 0 radical (unpaired) electrons. The van der Waals surface area contributed by atoms with Gasteiger partial charge in [-0.1, -0.05) is 6.92 Å². The Hall–Kier alpha value is -1.84. The van der Waals surface area contributed by atoms with Gasteiger partial charge < -0.3 is 10.6 Å². The van der Waals surface area contributed by atoms with Gasteiger partial charge in [0, 0.05) is 24.2 Å². The van der Waals surface area contributed by atoms with Gasteiger partial charge in [0.05, 0.1) is 0 Å². The lowest BCUT2D eigenvalue weighted by atomic mass is 10.2. The molecule has 1 saturated carbocycles. The van der Waals surface area contributed by atoms with E-state index in [1.165, 1.54) is 6.92 Å². The van der Waals surface area contributed by atoms with Crippen LogP contribution >= 0.6 is 0 Å². The third-order valence-corrected chi connectivity index (χ3v) is 2.92. The Balaban J connectivity index is 1.93. The van der Waals surface area contributed by atoms with Crippen molar-refractivity contribution in [2.75, 3.05) is 10.6 Å². The van der Waals surface area contributed by atoms with Crippen LogP contribution in [0.1, 0.15) is 20.3 Å². The predicted molar refractivity (Wildman–Crippen MR) is 66.6 cm³/mol. The molecule has 2 rings (SSSR count). The first-order valence-corrected chi connectivity index (χ1v) is 5.75.